The first-order chi connectivity index (χ1) is 15.8. The molecule has 0 radical (unpaired) electrons. The third-order valence-corrected chi connectivity index (χ3v) is 4.79. The number of anilines is 1. The second-order valence-electron chi connectivity index (χ2n) is 6.91. The van der Waals surface area contributed by atoms with Gasteiger partial charge in [0, 0.05) is 0 Å². The summed E-state index contributed by atoms with van der Waals surface area (Å²) in [6, 6.07) is 13.1. The van der Waals surface area contributed by atoms with E-state index in [0.717, 1.165) is 12.1 Å². The monoisotopic (exact) mass is 459 g/mol. The van der Waals surface area contributed by atoms with Crippen molar-refractivity contribution in [3.05, 3.63) is 83.7 Å². The summed E-state index contributed by atoms with van der Waals surface area (Å²) in [4.78, 5) is 24.6. The van der Waals surface area contributed by atoms with Crippen molar-refractivity contribution in [3.8, 4) is 16.9 Å². The van der Waals surface area contributed by atoms with Crippen molar-refractivity contribution < 1.29 is 32.7 Å². The Hall–Kier alpha value is -4.05. The molecule has 0 aromatic heterocycles. The molecule has 3 aromatic rings. The van der Waals surface area contributed by atoms with Crippen LogP contribution in [0.2, 0.25) is 0 Å². The number of ether oxygens (including phenoxy) is 1. The van der Waals surface area contributed by atoms with Gasteiger partial charge in [-0.15, -0.1) is 0 Å². The standard InChI is InChI=1S/C23H20F3N3O4/c1-33-19-5-3-2-4-18(19)27-12-20(30)28-22(23(31)29-32)14-8-6-13(7-9-14)15-10-16(24)21(26)17(25)11-15/h2-11,22,27,32H,12H2,1H3,(H,28,30)(H,29,31). The number of hydrogen-bond acceptors (Lipinski definition) is 5. The number of carbonyl (C=O) groups is 2. The first kappa shape index (κ1) is 23.6. The molecular formula is C23H20F3N3O4. The van der Waals surface area contributed by atoms with Gasteiger partial charge in [-0.25, -0.2) is 18.7 Å². The molecular weight excluding hydrogens is 439 g/mol. The lowest BCUT2D eigenvalue weighted by Gasteiger charge is -2.18. The molecule has 0 spiro atoms. The molecule has 3 rings (SSSR count). The fourth-order valence-electron chi connectivity index (χ4n) is 3.13. The van der Waals surface area contributed by atoms with E-state index in [2.05, 4.69) is 10.6 Å². The van der Waals surface area contributed by atoms with Gasteiger partial charge in [0.05, 0.1) is 19.3 Å². The number of nitrogens with one attached hydrogen (secondary N) is 3. The summed E-state index contributed by atoms with van der Waals surface area (Å²) in [6.45, 7) is -0.193. The van der Waals surface area contributed by atoms with Crippen LogP contribution in [0, 0.1) is 17.5 Å². The molecule has 1 atom stereocenters. The Morgan fingerprint density at radius 1 is 0.970 bits per heavy atom. The van der Waals surface area contributed by atoms with Crippen molar-refractivity contribution in [2.75, 3.05) is 19.0 Å². The van der Waals surface area contributed by atoms with Gasteiger partial charge in [0.15, 0.2) is 17.5 Å². The highest BCUT2D eigenvalue weighted by Gasteiger charge is 2.23. The molecule has 7 nitrogen and oxygen atoms in total. The van der Waals surface area contributed by atoms with Crippen molar-refractivity contribution in [1.29, 1.82) is 0 Å². The number of halogens is 3. The minimum absolute atomic E-state index is 0.0890. The van der Waals surface area contributed by atoms with Gasteiger partial charge in [0.25, 0.3) is 5.91 Å². The van der Waals surface area contributed by atoms with E-state index >= 15 is 0 Å². The van der Waals surface area contributed by atoms with Crippen molar-refractivity contribution in [3.63, 3.8) is 0 Å². The van der Waals surface area contributed by atoms with Crippen LogP contribution < -0.4 is 20.9 Å². The molecule has 0 aliphatic carbocycles. The van der Waals surface area contributed by atoms with Crippen LogP contribution >= 0.6 is 0 Å². The number of amides is 2. The molecule has 2 amide bonds. The zero-order valence-corrected chi connectivity index (χ0v) is 17.4. The molecule has 0 fully saturated rings. The maximum absolute atomic E-state index is 13.5. The van der Waals surface area contributed by atoms with E-state index in [1.165, 1.54) is 36.9 Å². The van der Waals surface area contributed by atoms with E-state index < -0.39 is 35.3 Å². The Bertz CT molecular complexity index is 1130. The van der Waals surface area contributed by atoms with Crippen molar-refractivity contribution >= 4 is 17.5 Å². The van der Waals surface area contributed by atoms with Gasteiger partial charge in [0.2, 0.25) is 5.91 Å². The molecule has 172 valence electrons. The fourth-order valence-corrected chi connectivity index (χ4v) is 3.13. The molecule has 0 saturated heterocycles. The molecule has 1 unspecified atom stereocenters. The molecule has 0 heterocycles. The maximum Gasteiger partial charge on any atom is 0.270 e. The van der Waals surface area contributed by atoms with Crippen LogP contribution in [0.4, 0.5) is 18.9 Å². The summed E-state index contributed by atoms with van der Waals surface area (Å²) in [7, 11) is 1.49. The highest BCUT2D eigenvalue weighted by Crippen LogP contribution is 2.26. The van der Waals surface area contributed by atoms with Gasteiger partial charge in [-0.2, -0.15) is 0 Å². The Morgan fingerprint density at radius 3 is 2.21 bits per heavy atom. The third kappa shape index (κ3) is 5.60. The number of benzene rings is 3. The lowest BCUT2D eigenvalue weighted by Crippen LogP contribution is -2.41. The van der Waals surface area contributed by atoms with Crippen LogP contribution in [0.15, 0.2) is 60.7 Å². The molecule has 3 aromatic carbocycles. The summed E-state index contributed by atoms with van der Waals surface area (Å²) in [5, 5.41) is 14.5. The average molecular weight is 459 g/mol. The number of para-hydroxylation sites is 2. The Kier molecular flexibility index (Phi) is 7.52. The van der Waals surface area contributed by atoms with Crippen molar-refractivity contribution in [1.82, 2.24) is 10.8 Å². The van der Waals surface area contributed by atoms with E-state index in [4.69, 9.17) is 9.94 Å². The zero-order chi connectivity index (χ0) is 24.0. The Labute approximate surface area is 187 Å². The predicted molar refractivity (Wildman–Crippen MR) is 114 cm³/mol. The molecule has 4 N–H and O–H groups in total. The van der Waals surface area contributed by atoms with Gasteiger partial charge in [-0.05, 0) is 41.0 Å². The molecule has 33 heavy (non-hydrogen) atoms. The van der Waals surface area contributed by atoms with Crippen LogP contribution in [0.3, 0.4) is 0 Å². The van der Waals surface area contributed by atoms with Crippen LogP contribution in [0.25, 0.3) is 11.1 Å². The van der Waals surface area contributed by atoms with E-state index in [0.29, 0.717) is 22.6 Å². The molecule has 10 heteroatoms. The largest absolute Gasteiger partial charge is 0.495 e. The van der Waals surface area contributed by atoms with Crippen LogP contribution in [0.5, 0.6) is 5.75 Å². The smallest absolute Gasteiger partial charge is 0.270 e. The molecule has 0 aliphatic rings. The second kappa shape index (κ2) is 10.5. The predicted octanol–water partition coefficient (Wildman–Crippen LogP) is 3.55. The minimum Gasteiger partial charge on any atom is -0.495 e. The zero-order valence-electron chi connectivity index (χ0n) is 17.4. The van der Waals surface area contributed by atoms with Crippen LogP contribution in [-0.4, -0.2) is 30.7 Å². The summed E-state index contributed by atoms with van der Waals surface area (Å²) in [5.74, 6) is -5.16. The Morgan fingerprint density at radius 2 is 1.61 bits per heavy atom. The van der Waals surface area contributed by atoms with Gasteiger partial charge >= 0.3 is 0 Å². The topological polar surface area (TPSA) is 99.7 Å². The lowest BCUT2D eigenvalue weighted by atomic mass is 10.00. The quantitative estimate of drug-likeness (QED) is 0.235. The summed E-state index contributed by atoms with van der Waals surface area (Å²) in [5.41, 5.74) is 2.79. The maximum atomic E-state index is 13.5. The van der Waals surface area contributed by atoms with Gasteiger partial charge < -0.3 is 15.4 Å². The highest BCUT2D eigenvalue weighted by atomic mass is 19.2. The van der Waals surface area contributed by atoms with Gasteiger partial charge in [-0.3, -0.25) is 14.8 Å². The number of rotatable bonds is 8. The highest BCUT2D eigenvalue weighted by molar-refractivity contribution is 5.89. The number of methoxy groups -OCH3 is 1. The molecule has 0 saturated carbocycles. The fraction of sp³-hybridized carbons (Fsp3) is 0.130. The molecule has 0 bridgehead atoms. The second-order valence-corrected chi connectivity index (χ2v) is 6.91. The normalized spacial score (nSPS) is 11.4. The molecule has 0 aliphatic heterocycles. The third-order valence-electron chi connectivity index (χ3n) is 4.79. The first-order valence-electron chi connectivity index (χ1n) is 9.69. The average Bonchev–Trinajstić information content (AvgIpc) is 2.84. The number of hydroxylamine groups is 1. The summed E-state index contributed by atoms with van der Waals surface area (Å²) < 4.78 is 45.4. The van der Waals surface area contributed by atoms with Gasteiger partial charge in [0.1, 0.15) is 11.8 Å². The van der Waals surface area contributed by atoms with Crippen molar-refractivity contribution in [2.24, 2.45) is 0 Å². The number of hydrogen-bond donors (Lipinski definition) is 4. The van der Waals surface area contributed by atoms with E-state index in [9.17, 15) is 22.8 Å². The SMILES string of the molecule is COc1ccccc1NCC(=O)NC(C(=O)NO)c1ccc(-c2cc(F)c(F)c(F)c2)cc1. The van der Waals surface area contributed by atoms with E-state index in [1.807, 2.05) is 0 Å². The van der Waals surface area contributed by atoms with Crippen LogP contribution in [-0.2, 0) is 9.59 Å². The van der Waals surface area contributed by atoms with Gasteiger partial charge in [-0.1, -0.05) is 36.4 Å². The first-order valence-corrected chi connectivity index (χ1v) is 9.69. The Balaban J connectivity index is 1.75. The van der Waals surface area contributed by atoms with Crippen molar-refractivity contribution in [2.45, 2.75) is 6.04 Å². The number of carbonyl (C=O) groups excluding carboxylic acids is 2. The summed E-state index contributed by atoms with van der Waals surface area (Å²) >= 11 is 0. The van der Waals surface area contributed by atoms with E-state index in [-0.39, 0.29) is 12.1 Å². The minimum atomic E-state index is -1.57. The summed E-state index contributed by atoms with van der Waals surface area (Å²) in [6.07, 6.45) is 0. The van der Waals surface area contributed by atoms with Crippen LogP contribution in [0.1, 0.15) is 11.6 Å². The van der Waals surface area contributed by atoms with E-state index in [1.54, 1.807) is 24.3 Å². The lowest BCUT2D eigenvalue weighted by molar-refractivity contribution is -0.134.